The average Bonchev–Trinajstić information content (AvgIpc) is 2.62. The number of esters is 1. The van der Waals surface area contributed by atoms with Gasteiger partial charge in [0.2, 0.25) is 0 Å². The van der Waals surface area contributed by atoms with Gasteiger partial charge >= 0.3 is 5.97 Å². The van der Waals surface area contributed by atoms with Gasteiger partial charge < -0.3 is 14.4 Å². The van der Waals surface area contributed by atoms with Gasteiger partial charge in [-0.15, -0.1) is 0 Å². The van der Waals surface area contributed by atoms with Gasteiger partial charge in [0.1, 0.15) is 5.75 Å². The highest BCUT2D eigenvalue weighted by Gasteiger charge is 2.15. The maximum atomic E-state index is 12.0. The highest BCUT2D eigenvalue weighted by molar-refractivity contribution is 5.80. The highest BCUT2D eigenvalue weighted by Crippen LogP contribution is 2.19. The molecule has 0 saturated heterocycles. The van der Waals surface area contributed by atoms with Gasteiger partial charge in [-0.05, 0) is 31.0 Å². The predicted octanol–water partition coefficient (Wildman–Crippen LogP) is 2.27. The van der Waals surface area contributed by atoms with Crippen LogP contribution in [0.2, 0.25) is 0 Å². The Morgan fingerprint density at radius 1 is 1.12 bits per heavy atom. The lowest BCUT2D eigenvalue weighted by molar-refractivity contribution is -0.152. The smallest absolute Gasteiger partial charge is 0.309 e. The zero-order valence-corrected chi connectivity index (χ0v) is 15.2. The largest absolute Gasteiger partial charge is 0.493 e. The van der Waals surface area contributed by atoms with Crippen molar-refractivity contribution in [3.05, 3.63) is 29.3 Å². The molecule has 0 atom stereocenters. The van der Waals surface area contributed by atoms with Gasteiger partial charge in [-0.1, -0.05) is 12.1 Å². The third-order valence-corrected chi connectivity index (χ3v) is 3.60. The average molecular weight is 357 g/mol. The number of hydrogen-bond donors (Lipinski definition) is 0. The second kappa shape index (κ2) is 11.5. The molecule has 0 fully saturated rings. The number of rotatable bonds is 10. The van der Waals surface area contributed by atoms with Crippen molar-refractivity contribution < 1.29 is 19.1 Å². The van der Waals surface area contributed by atoms with E-state index < -0.39 is 18.5 Å². The zero-order chi connectivity index (χ0) is 19.4. The Kier molecular flexibility index (Phi) is 9.27. The van der Waals surface area contributed by atoms with Crippen LogP contribution in [-0.2, 0) is 14.3 Å². The second-order valence-electron chi connectivity index (χ2n) is 5.73. The molecule has 0 aliphatic carbocycles. The summed E-state index contributed by atoms with van der Waals surface area (Å²) in [5.74, 6) is -0.239. The number of ether oxygens (including phenoxy) is 2. The molecule has 7 nitrogen and oxygen atoms in total. The first-order chi connectivity index (χ1) is 12.5. The van der Waals surface area contributed by atoms with Crippen LogP contribution in [0.15, 0.2) is 18.2 Å². The van der Waals surface area contributed by atoms with E-state index in [-0.39, 0.29) is 39.0 Å². The van der Waals surface area contributed by atoms with Gasteiger partial charge in [0.05, 0.1) is 38.0 Å². The Bertz CT molecular complexity index is 686. The first-order valence-corrected chi connectivity index (χ1v) is 8.35. The van der Waals surface area contributed by atoms with Crippen LogP contribution in [0, 0.1) is 36.5 Å². The number of nitrogens with zero attached hydrogens (tertiary/aromatic N) is 3. The summed E-state index contributed by atoms with van der Waals surface area (Å²) in [6.45, 7) is 4.05. The van der Waals surface area contributed by atoms with Crippen molar-refractivity contribution in [3.63, 3.8) is 0 Å². The summed E-state index contributed by atoms with van der Waals surface area (Å²) in [7, 11) is 0. The Hall–Kier alpha value is -3.06. The molecule has 1 aromatic rings. The molecule has 0 radical (unpaired) electrons. The van der Waals surface area contributed by atoms with E-state index in [1.54, 1.807) is 0 Å². The van der Waals surface area contributed by atoms with E-state index in [9.17, 15) is 9.59 Å². The second-order valence-corrected chi connectivity index (χ2v) is 5.73. The fourth-order valence-electron chi connectivity index (χ4n) is 2.14. The van der Waals surface area contributed by atoms with Crippen molar-refractivity contribution in [2.45, 2.75) is 33.1 Å². The van der Waals surface area contributed by atoms with Crippen LogP contribution in [0.1, 0.15) is 30.4 Å². The summed E-state index contributed by atoms with van der Waals surface area (Å²) in [5.41, 5.74) is 2.04. The Morgan fingerprint density at radius 2 is 1.77 bits per heavy atom. The summed E-state index contributed by atoms with van der Waals surface area (Å²) >= 11 is 0. The summed E-state index contributed by atoms with van der Waals surface area (Å²) in [6, 6.07) is 9.71. The molecule has 26 heavy (non-hydrogen) atoms. The van der Waals surface area contributed by atoms with Gasteiger partial charge in [-0.2, -0.15) is 10.5 Å². The van der Waals surface area contributed by atoms with Gasteiger partial charge in [-0.3, -0.25) is 9.59 Å². The fraction of sp³-hybridized carbons (Fsp3) is 0.474. The van der Waals surface area contributed by atoms with Gasteiger partial charge in [0, 0.05) is 13.1 Å². The number of hydrogen-bond acceptors (Lipinski definition) is 6. The van der Waals surface area contributed by atoms with Crippen LogP contribution in [0.4, 0.5) is 0 Å². The molecule has 0 aromatic heterocycles. The molecule has 0 bridgehead atoms. The topological polar surface area (TPSA) is 103 Å². The Labute approximate surface area is 153 Å². The first kappa shape index (κ1) is 21.0. The van der Waals surface area contributed by atoms with E-state index in [1.807, 2.05) is 44.2 Å². The van der Waals surface area contributed by atoms with Crippen LogP contribution in [-0.4, -0.2) is 43.1 Å². The van der Waals surface area contributed by atoms with E-state index in [1.165, 1.54) is 4.90 Å². The standard InChI is InChI=1S/C19H23N3O4/c1-15-5-6-16(2)17(13-15)25-12-7-19(24)26-14-18(23)22(10-3-8-20)11-4-9-21/h5-6,13H,3-4,7,10-12,14H2,1-2H3. The maximum Gasteiger partial charge on any atom is 0.309 e. The van der Waals surface area contributed by atoms with E-state index in [0.717, 1.165) is 11.1 Å². The van der Waals surface area contributed by atoms with Crippen molar-refractivity contribution in [1.82, 2.24) is 4.90 Å². The number of carbonyl (C=O) groups is 2. The molecular weight excluding hydrogens is 334 g/mol. The fourth-order valence-corrected chi connectivity index (χ4v) is 2.14. The molecule has 138 valence electrons. The molecule has 0 aliphatic rings. The van der Waals surface area contributed by atoms with E-state index in [2.05, 4.69) is 0 Å². The molecular formula is C19H23N3O4. The van der Waals surface area contributed by atoms with Crippen molar-refractivity contribution in [2.75, 3.05) is 26.3 Å². The number of nitriles is 2. The predicted molar refractivity (Wildman–Crippen MR) is 94.0 cm³/mol. The summed E-state index contributed by atoms with van der Waals surface area (Å²) in [4.78, 5) is 25.2. The minimum Gasteiger partial charge on any atom is -0.493 e. The van der Waals surface area contributed by atoms with E-state index in [4.69, 9.17) is 20.0 Å². The minimum absolute atomic E-state index is 0.0249. The van der Waals surface area contributed by atoms with E-state index >= 15 is 0 Å². The summed E-state index contributed by atoms with van der Waals surface area (Å²) in [6.07, 6.45) is 0.348. The normalized spacial score (nSPS) is 9.69. The van der Waals surface area contributed by atoms with Crippen molar-refractivity contribution in [1.29, 1.82) is 10.5 Å². The van der Waals surface area contributed by atoms with Crippen molar-refractivity contribution >= 4 is 11.9 Å². The molecule has 0 saturated carbocycles. The lowest BCUT2D eigenvalue weighted by Crippen LogP contribution is -2.36. The maximum absolute atomic E-state index is 12.0. The third kappa shape index (κ3) is 7.67. The molecule has 0 heterocycles. The Morgan fingerprint density at radius 3 is 2.38 bits per heavy atom. The quantitative estimate of drug-likeness (QED) is 0.595. The summed E-state index contributed by atoms with van der Waals surface area (Å²) < 4.78 is 10.5. The van der Waals surface area contributed by atoms with Crippen molar-refractivity contribution in [2.24, 2.45) is 0 Å². The number of amides is 1. The number of aryl methyl sites for hydroxylation is 2. The molecule has 1 aromatic carbocycles. The van der Waals surface area contributed by atoms with Gasteiger partial charge in [-0.25, -0.2) is 0 Å². The van der Waals surface area contributed by atoms with Gasteiger partial charge in [0.15, 0.2) is 6.61 Å². The van der Waals surface area contributed by atoms with Crippen LogP contribution >= 0.6 is 0 Å². The van der Waals surface area contributed by atoms with Crippen molar-refractivity contribution in [3.8, 4) is 17.9 Å². The van der Waals surface area contributed by atoms with Gasteiger partial charge in [0.25, 0.3) is 5.91 Å². The lowest BCUT2D eigenvalue weighted by Gasteiger charge is -2.20. The minimum atomic E-state index is -0.538. The third-order valence-electron chi connectivity index (χ3n) is 3.60. The zero-order valence-electron chi connectivity index (χ0n) is 15.2. The van der Waals surface area contributed by atoms with Crippen LogP contribution in [0.25, 0.3) is 0 Å². The molecule has 0 unspecified atom stereocenters. The van der Waals surface area contributed by atoms with Crippen LogP contribution in [0.3, 0.4) is 0 Å². The molecule has 0 N–H and O–H groups in total. The molecule has 1 amide bonds. The first-order valence-electron chi connectivity index (χ1n) is 8.35. The van der Waals surface area contributed by atoms with Crippen LogP contribution < -0.4 is 4.74 Å². The monoisotopic (exact) mass is 357 g/mol. The molecule has 0 spiro atoms. The Balaban J connectivity index is 2.37. The van der Waals surface area contributed by atoms with E-state index in [0.29, 0.717) is 5.75 Å². The SMILES string of the molecule is Cc1ccc(C)c(OCCC(=O)OCC(=O)N(CCC#N)CCC#N)c1. The summed E-state index contributed by atoms with van der Waals surface area (Å²) in [5, 5.41) is 17.2. The number of benzene rings is 1. The van der Waals surface area contributed by atoms with Crippen LogP contribution in [0.5, 0.6) is 5.75 Å². The molecule has 7 heteroatoms. The number of carbonyl (C=O) groups excluding carboxylic acids is 2. The lowest BCUT2D eigenvalue weighted by atomic mass is 10.1. The molecule has 1 rings (SSSR count). The molecule has 0 aliphatic heterocycles. The highest BCUT2D eigenvalue weighted by atomic mass is 16.5.